The maximum absolute atomic E-state index is 12.5. The molecule has 1 unspecified atom stereocenters. The fraction of sp³-hybridized carbons (Fsp3) is 0.600. The lowest BCUT2D eigenvalue weighted by Gasteiger charge is -2.37. The summed E-state index contributed by atoms with van der Waals surface area (Å²) in [7, 11) is 0. The van der Waals surface area contributed by atoms with Crippen LogP contribution in [0.1, 0.15) is 19.8 Å². The summed E-state index contributed by atoms with van der Waals surface area (Å²) in [4.78, 5) is 31.9. The Morgan fingerprint density at radius 3 is 2.67 bits per heavy atom. The summed E-state index contributed by atoms with van der Waals surface area (Å²) in [6.45, 7) is 7.11. The topological polar surface area (TPSA) is 112 Å². The van der Waals surface area contributed by atoms with Crippen molar-refractivity contribution in [2.24, 2.45) is 4.99 Å². The van der Waals surface area contributed by atoms with E-state index in [9.17, 15) is 14.9 Å². The monoisotopic (exact) mass is 418 g/mol. The minimum absolute atomic E-state index is 0.0559. The van der Waals surface area contributed by atoms with Crippen molar-refractivity contribution in [3.05, 3.63) is 34.4 Å². The minimum Gasteiger partial charge on any atom is -0.378 e. The maximum atomic E-state index is 12.5. The molecule has 10 heteroatoms. The lowest BCUT2D eigenvalue weighted by atomic mass is 10.2. The van der Waals surface area contributed by atoms with E-state index in [1.807, 2.05) is 11.8 Å². The van der Waals surface area contributed by atoms with E-state index in [0.29, 0.717) is 51.6 Å². The second-order valence-corrected chi connectivity index (χ2v) is 7.25. The summed E-state index contributed by atoms with van der Waals surface area (Å²) in [6, 6.07) is 6.58. The van der Waals surface area contributed by atoms with Crippen LogP contribution in [0.15, 0.2) is 29.3 Å². The van der Waals surface area contributed by atoms with Gasteiger partial charge in [0.05, 0.1) is 11.5 Å². The predicted molar refractivity (Wildman–Crippen MR) is 115 cm³/mol. The summed E-state index contributed by atoms with van der Waals surface area (Å²) < 4.78 is 5.52. The average Bonchev–Trinajstić information content (AvgIpc) is 3.30. The van der Waals surface area contributed by atoms with Crippen LogP contribution in [0.25, 0.3) is 0 Å². The molecule has 10 nitrogen and oxygen atoms in total. The molecule has 1 aromatic carbocycles. The highest BCUT2D eigenvalue weighted by molar-refractivity contribution is 5.83. The summed E-state index contributed by atoms with van der Waals surface area (Å²) in [5.41, 5.74) is 0.546. The van der Waals surface area contributed by atoms with E-state index in [2.05, 4.69) is 20.5 Å². The highest BCUT2D eigenvalue weighted by Gasteiger charge is 2.30. The summed E-state index contributed by atoms with van der Waals surface area (Å²) in [5, 5.41) is 17.5. The van der Waals surface area contributed by atoms with Crippen LogP contribution < -0.4 is 10.6 Å². The number of nitrogens with one attached hydrogen (secondary N) is 2. The molecule has 30 heavy (non-hydrogen) atoms. The molecular formula is C20H30N6O4. The molecule has 0 aliphatic carbocycles. The van der Waals surface area contributed by atoms with Crippen molar-refractivity contribution in [3.63, 3.8) is 0 Å². The molecule has 1 amide bonds. The minimum atomic E-state index is -0.396. The maximum Gasteiger partial charge on any atom is 0.292 e. The summed E-state index contributed by atoms with van der Waals surface area (Å²) in [5.74, 6) is 0.897. The number of para-hydroxylation sites is 2. The molecule has 2 N–H and O–H groups in total. The van der Waals surface area contributed by atoms with Crippen molar-refractivity contribution < 1.29 is 14.5 Å². The third-order valence-corrected chi connectivity index (χ3v) is 5.22. The van der Waals surface area contributed by atoms with Crippen molar-refractivity contribution in [1.82, 2.24) is 15.1 Å². The van der Waals surface area contributed by atoms with Crippen LogP contribution in [-0.4, -0.2) is 85.1 Å². The smallest absolute Gasteiger partial charge is 0.292 e. The largest absolute Gasteiger partial charge is 0.378 e. The molecular weight excluding hydrogens is 388 g/mol. The number of nitro groups is 1. The van der Waals surface area contributed by atoms with Crippen molar-refractivity contribution in [1.29, 1.82) is 0 Å². The lowest BCUT2D eigenvalue weighted by molar-refractivity contribution is -0.384. The van der Waals surface area contributed by atoms with Gasteiger partial charge in [-0.15, -0.1) is 0 Å². The molecule has 0 spiro atoms. The molecule has 0 saturated carbocycles. The van der Waals surface area contributed by atoms with E-state index in [0.717, 1.165) is 25.3 Å². The molecule has 2 aliphatic rings. The SMILES string of the molecule is CCNC(=NCCNc1ccccc1[N+](=O)[O-])N1CCN(C(=O)C2CCCO2)CC1. The van der Waals surface area contributed by atoms with Crippen LogP contribution in [0.2, 0.25) is 0 Å². The van der Waals surface area contributed by atoms with Crippen molar-refractivity contribution in [2.75, 3.05) is 57.7 Å². The molecule has 0 radical (unpaired) electrons. The third kappa shape index (κ3) is 5.59. The molecule has 1 aromatic rings. The van der Waals surface area contributed by atoms with E-state index < -0.39 is 4.92 Å². The number of hydrogen-bond acceptors (Lipinski definition) is 6. The van der Waals surface area contributed by atoms with Gasteiger partial charge in [0.1, 0.15) is 11.8 Å². The highest BCUT2D eigenvalue weighted by atomic mass is 16.6. The molecule has 164 valence electrons. The Labute approximate surface area is 176 Å². The second kappa shape index (κ2) is 10.8. The molecule has 3 rings (SSSR count). The van der Waals surface area contributed by atoms with E-state index in [-0.39, 0.29) is 17.7 Å². The number of nitrogens with zero attached hydrogens (tertiary/aromatic N) is 4. The zero-order valence-electron chi connectivity index (χ0n) is 17.4. The van der Waals surface area contributed by atoms with Crippen LogP contribution >= 0.6 is 0 Å². The number of guanidine groups is 1. The fourth-order valence-corrected chi connectivity index (χ4v) is 3.68. The van der Waals surface area contributed by atoms with Gasteiger partial charge in [-0.2, -0.15) is 0 Å². The lowest BCUT2D eigenvalue weighted by Crippen LogP contribution is -2.55. The molecule has 0 aromatic heterocycles. The molecule has 2 fully saturated rings. The average molecular weight is 418 g/mol. The zero-order chi connectivity index (χ0) is 21.3. The van der Waals surface area contributed by atoms with Crippen LogP contribution in [0.4, 0.5) is 11.4 Å². The first-order valence-corrected chi connectivity index (χ1v) is 10.5. The van der Waals surface area contributed by atoms with Gasteiger partial charge in [-0.1, -0.05) is 12.1 Å². The van der Waals surface area contributed by atoms with Gasteiger partial charge in [0.2, 0.25) is 0 Å². The van der Waals surface area contributed by atoms with Gasteiger partial charge >= 0.3 is 0 Å². The number of piperazine rings is 1. The first kappa shape index (κ1) is 21.8. The summed E-state index contributed by atoms with van der Waals surface area (Å²) >= 11 is 0. The Hall–Kier alpha value is -2.88. The van der Waals surface area contributed by atoms with Gasteiger partial charge in [0.25, 0.3) is 11.6 Å². The van der Waals surface area contributed by atoms with Gasteiger partial charge in [0, 0.05) is 51.9 Å². The Balaban J connectivity index is 1.50. The Kier molecular flexibility index (Phi) is 7.83. The first-order valence-electron chi connectivity index (χ1n) is 10.5. The number of ether oxygens (including phenoxy) is 1. The number of anilines is 1. The Morgan fingerprint density at radius 1 is 1.27 bits per heavy atom. The van der Waals surface area contributed by atoms with Crippen molar-refractivity contribution >= 4 is 23.2 Å². The Bertz CT molecular complexity index is 757. The van der Waals surface area contributed by atoms with Gasteiger partial charge in [0.15, 0.2) is 5.96 Å². The number of carbonyl (C=O) groups excluding carboxylic acids is 1. The number of rotatable bonds is 7. The fourth-order valence-electron chi connectivity index (χ4n) is 3.68. The van der Waals surface area contributed by atoms with Crippen LogP contribution in [0, 0.1) is 10.1 Å². The number of amides is 1. The van der Waals surface area contributed by atoms with Gasteiger partial charge in [-0.05, 0) is 25.8 Å². The predicted octanol–water partition coefficient (Wildman–Crippen LogP) is 1.30. The number of carbonyl (C=O) groups is 1. The van der Waals surface area contributed by atoms with Gasteiger partial charge < -0.3 is 25.2 Å². The normalized spacial score (nSPS) is 19.6. The van der Waals surface area contributed by atoms with Crippen molar-refractivity contribution in [2.45, 2.75) is 25.9 Å². The Morgan fingerprint density at radius 2 is 2.00 bits per heavy atom. The van der Waals surface area contributed by atoms with Crippen LogP contribution in [-0.2, 0) is 9.53 Å². The highest BCUT2D eigenvalue weighted by Crippen LogP contribution is 2.22. The summed E-state index contributed by atoms with van der Waals surface area (Å²) in [6.07, 6.45) is 1.50. The zero-order valence-corrected chi connectivity index (χ0v) is 17.4. The number of hydrogen-bond donors (Lipinski definition) is 2. The van der Waals surface area contributed by atoms with Gasteiger partial charge in [-0.3, -0.25) is 19.9 Å². The molecule has 0 bridgehead atoms. The quantitative estimate of drug-likeness (QED) is 0.226. The molecule has 2 saturated heterocycles. The van der Waals surface area contributed by atoms with E-state index >= 15 is 0 Å². The molecule has 2 aliphatic heterocycles. The molecule has 1 atom stereocenters. The number of nitro benzene ring substituents is 1. The van der Waals surface area contributed by atoms with Gasteiger partial charge in [-0.25, -0.2) is 0 Å². The molecule has 2 heterocycles. The standard InChI is InChI=1S/C20H30N6O4/c1-2-21-20(23-10-9-22-16-6-3-4-7-17(16)26(28)29)25-13-11-24(12-14-25)19(27)18-8-5-15-30-18/h3-4,6-7,18,22H,2,5,8-15H2,1H3,(H,21,23). The number of aliphatic imine (C=N–C) groups is 1. The third-order valence-electron chi connectivity index (χ3n) is 5.22. The van der Waals surface area contributed by atoms with E-state index in [1.165, 1.54) is 6.07 Å². The van der Waals surface area contributed by atoms with Crippen LogP contribution in [0.3, 0.4) is 0 Å². The van der Waals surface area contributed by atoms with E-state index in [1.54, 1.807) is 18.2 Å². The second-order valence-electron chi connectivity index (χ2n) is 7.25. The first-order chi connectivity index (χ1) is 14.6. The van der Waals surface area contributed by atoms with Crippen molar-refractivity contribution in [3.8, 4) is 0 Å². The van der Waals surface area contributed by atoms with Crippen LogP contribution in [0.5, 0.6) is 0 Å². The number of benzene rings is 1. The van der Waals surface area contributed by atoms with E-state index in [4.69, 9.17) is 4.74 Å².